The van der Waals surface area contributed by atoms with E-state index in [0.717, 1.165) is 11.9 Å². The molecule has 1 aliphatic rings. The summed E-state index contributed by atoms with van der Waals surface area (Å²) in [6.45, 7) is 1.10. The Hall–Kier alpha value is -1.54. The Morgan fingerprint density at radius 2 is 1.82 bits per heavy atom. The van der Waals surface area contributed by atoms with Crippen LogP contribution in [0.25, 0.3) is 10.8 Å². The molecule has 3 rings (SSSR count). The Bertz CT molecular complexity index is 529. The smallest absolute Gasteiger partial charge is 0.123 e. The van der Waals surface area contributed by atoms with Crippen LogP contribution in [0.4, 0.5) is 0 Å². The average Bonchev–Trinajstić information content (AvgIpc) is 2.41. The fourth-order valence-corrected chi connectivity index (χ4v) is 2.73. The summed E-state index contributed by atoms with van der Waals surface area (Å²) < 4.78 is 0. The number of hydrogen-bond donors (Lipinski definition) is 2. The lowest BCUT2D eigenvalue weighted by molar-refractivity contribution is 0.414. The summed E-state index contributed by atoms with van der Waals surface area (Å²) in [4.78, 5) is 0. The van der Waals surface area contributed by atoms with E-state index in [4.69, 9.17) is 0 Å². The number of hydrogen-bond acceptors (Lipinski definition) is 2. The van der Waals surface area contributed by atoms with Crippen LogP contribution in [0.1, 0.15) is 30.9 Å². The van der Waals surface area contributed by atoms with E-state index in [9.17, 15) is 5.11 Å². The van der Waals surface area contributed by atoms with Gasteiger partial charge in [-0.1, -0.05) is 36.8 Å². The first-order chi connectivity index (χ1) is 8.36. The number of aromatic hydroxyl groups is 1. The van der Waals surface area contributed by atoms with Crippen molar-refractivity contribution in [2.24, 2.45) is 0 Å². The molecule has 2 aromatic carbocycles. The summed E-state index contributed by atoms with van der Waals surface area (Å²) in [5, 5.41) is 15.6. The molecule has 88 valence electrons. The van der Waals surface area contributed by atoms with Crippen LogP contribution in [0.15, 0.2) is 36.4 Å². The van der Waals surface area contributed by atoms with Crippen LogP contribution in [0.2, 0.25) is 0 Å². The van der Waals surface area contributed by atoms with Crippen molar-refractivity contribution in [2.75, 3.05) is 6.54 Å². The third-order valence-electron chi connectivity index (χ3n) is 3.62. The highest BCUT2D eigenvalue weighted by atomic mass is 16.3. The summed E-state index contributed by atoms with van der Waals surface area (Å²) in [7, 11) is 0. The van der Waals surface area contributed by atoms with Crippen LogP contribution < -0.4 is 5.32 Å². The largest absolute Gasteiger partial charge is 0.507 e. The zero-order valence-electron chi connectivity index (χ0n) is 9.82. The molecular weight excluding hydrogens is 210 g/mol. The molecule has 0 radical (unpaired) electrons. The predicted octanol–water partition coefficient (Wildman–Crippen LogP) is 3.36. The van der Waals surface area contributed by atoms with Gasteiger partial charge in [0, 0.05) is 11.4 Å². The molecule has 0 aromatic heterocycles. The summed E-state index contributed by atoms with van der Waals surface area (Å²) in [6, 6.07) is 12.4. The summed E-state index contributed by atoms with van der Waals surface area (Å²) in [5.74, 6) is 0.375. The van der Waals surface area contributed by atoms with Crippen molar-refractivity contribution in [3.63, 3.8) is 0 Å². The molecule has 0 saturated carbocycles. The second-order valence-corrected chi connectivity index (χ2v) is 4.72. The average molecular weight is 227 g/mol. The van der Waals surface area contributed by atoms with Crippen LogP contribution in [0.3, 0.4) is 0 Å². The Balaban J connectivity index is 2.12. The van der Waals surface area contributed by atoms with Gasteiger partial charge in [0.2, 0.25) is 0 Å². The van der Waals surface area contributed by atoms with E-state index in [0.29, 0.717) is 11.8 Å². The Morgan fingerprint density at radius 1 is 1.00 bits per heavy atom. The van der Waals surface area contributed by atoms with E-state index in [2.05, 4.69) is 17.4 Å². The number of fused-ring (bicyclic) bond motifs is 1. The van der Waals surface area contributed by atoms with Crippen molar-refractivity contribution >= 4 is 10.8 Å². The lowest BCUT2D eigenvalue weighted by Gasteiger charge is -2.25. The third kappa shape index (κ3) is 1.89. The lowest BCUT2D eigenvalue weighted by Crippen LogP contribution is -2.26. The molecule has 0 unspecified atom stereocenters. The van der Waals surface area contributed by atoms with Gasteiger partial charge >= 0.3 is 0 Å². The standard InChI is InChI=1S/C15H17NO/c17-15-9-8-12(14-7-3-4-10-16-14)11-5-1-2-6-13(11)15/h1-2,5-6,8-9,14,16-17H,3-4,7,10H2/t14-/m0/s1. The molecule has 2 heteroatoms. The van der Waals surface area contributed by atoms with E-state index >= 15 is 0 Å². The highest BCUT2D eigenvalue weighted by Gasteiger charge is 2.17. The maximum atomic E-state index is 9.87. The molecule has 0 bridgehead atoms. The highest BCUT2D eigenvalue weighted by molar-refractivity contribution is 5.91. The van der Waals surface area contributed by atoms with E-state index in [1.54, 1.807) is 0 Å². The number of phenols is 1. The molecule has 2 aromatic rings. The SMILES string of the molecule is Oc1ccc([C@@H]2CCCCN2)c2ccccc12. The molecule has 1 atom stereocenters. The van der Waals surface area contributed by atoms with Gasteiger partial charge in [-0.3, -0.25) is 0 Å². The molecule has 1 saturated heterocycles. The zero-order chi connectivity index (χ0) is 11.7. The van der Waals surface area contributed by atoms with Crippen LogP contribution in [-0.2, 0) is 0 Å². The minimum atomic E-state index is 0.375. The van der Waals surface area contributed by atoms with E-state index in [1.807, 2.05) is 24.3 Å². The van der Waals surface area contributed by atoms with Crippen LogP contribution in [0.5, 0.6) is 5.75 Å². The number of nitrogens with one attached hydrogen (secondary N) is 1. The molecule has 1 heterocycles. The maximum Gasteiger partial charge on any atom is 0.123 e. The highest BCUT2D eigenvalue weighted by Crippen LogP contribution is 2.33. The van der Waals surface area contributed by atoms with Gasteiger partial charge in [0.05, 0.1) is 0 Å². The first-order valence-electron chi connectivity index (χ1n) is 6.30. The molecule has 2 N–H and O–H groups in total. The number of piperidine rings is 1. The molecule has 17 heavy (non-hydrogen) atoms. The van der Waals surface area contributed by atoms with Gasteiger partial charge in [0.25, 0.3) is 0 Å². The summed E-state index contributed by atoms with van der Waals surface area (Å²) in [5.41, 5.74) is 1.32. The molecule has 1 fully saturated rings. The number of benzene rings is 2. The topological polar surface area (TPSA) is 32.3 Å². The quantitative estimate of drug-likeness (QED) is 0.783. The van der Waals surface area contributed by atoms with Crippen molar-refractivity contribution in [1.29, 1.82) is 0 Å². The van der Waals surface area contributed by atoms with Crippen LogP contribution in [0, 0.1) is 0 Å². The second-order valence-electron chi connectivity index (χ2n) is 4.72. The van der Waals surface area contributed by atoms with Gasteiger partial charge < -0.3 is 10.4 Å². The van der Waals surface area contributed by atoms with Gasteiger partial charge in [-0.15, -0.1) is 0 Å². The van der Waals surface area contributed by atoms with E-state index in [-0.39, 0.29) is 0 Å². The van der Waals surface area contributed by atoms with E-state index in [1.165, 1.54) is 30.2 Å². The van der Waals surface area contributed by atoms with Crippen molar-refractivity contribution < 1.29 is 5.11 Å². The van der Waals surface area contributed by atoms with Crippen molar-refractivity contribution in [3.8, 4) is 5.75 Å². The monoisotopic (exact) mass is 227 g/mol. The fourth-order valence-electron chi connectivity index (χ4n) is 2.73. The molecule has 0 aliphatic carbocycles. The molecule has 1 aliphatic heterocycles. The maximum absolute atomic E-state index is 9.87. The minimum Gasteiger partial charge on any atom is -0.507 e. The Labute approximate surface area is 101 Å². The van der Waals surface area contributed by atoms with E-state index < -0.39 is 0 Å². The predicted molar refractivity (Wildman–Crippen MR) is 70.2 cm³/mol. The normalized spacial score (nSPS) is 20.6. The number of rotatable bonds is 1. The summed E-state index contributed by atoms with van der Waals surface area (Å²) >= 11 is 0. The molecule has 0 spiro atoms. The van der Waals surface area contributed by atoms with Gasteiger partial charge in [0.15, 0.2) is 0 Å². The molecule has 0 amide bonds. The zero-order valence-corrected chi connectivity index (χ0v) is 9.82. The third-order valence-corrected chi connectivity index (χ3v) is 3.62. The van der Waals surface area contributed by atoms with Gasteiger partial charge in [0.1, 0.15) is 5.75 Å². The van der Waals surface area contributed by atoms with Crippen molar-refractivity contribution in [1.82, 2.24) is 5.32 Å². The lowest BCUT2D eigenvalue weighted by atomic mass is 9.93. The van der Waals surface area contributed by atoms with Gasteiger partial charge in [-0.25, -0.2) is 0 Å². The number of phenolic OH excluding ortho intramolecular Hbond substituents is 1. The fraction of sp³-hybridized carbons (Fsp3) is 0.333. The minimum absolute atomic E-state index is 0.375. The first kappa shape index (κ1) is 10.6. The summed E-state index contributed by atoms with van der Waals surface area (Å²) in [6.07, 6.45) is 3.74. The van der Waals surface area contributed by atoms with Crippen LogP contribution >= 0.6 is 0 Å². The molecular formula is C15H17NO. The first-order valence-corrected chi connectivity index (χ1v) is 6.30. The van der Waals surface area contributed by atoms with Gasteiger partial charge in [-0.05, 0) is 36.4 Å². The molecule has 2 nitrogen and oxygen atoms in total. The van der Waals surface area contributed by atoms with Crippen molar-refractivity contribution in [3.05, 3.63) is 42.0 Å². The van der Waals surface area contributed by atoms with Crippen LogP contribution in [-0.4, -0.2) is 11.7 Å². The van der Waals surface area contributed by atoms with Crippen molar-refractivity contribution in [2.45, 2.75) is 25.3 Å². The Kier molecular flexibility index (Phi) is 2.73. The van der Waals surface area contributed by atoms with Gasteiger partial charge in [-0.2, -0.15) is 0 Å². The second kappa shape index (κ2) is 4.38. The Morgan fingerprint density at radius 3 is 2.59 bits per heavy atom.